The molecule has 2 aliphatic rings. The lowest BCUT2D eigenvalue weighted by Crippen LogP contribution is -2.20. The van der Waals surface area contributed by atoms with Gasteiger partial charge in [-0.25, -0.2) is 4.79 Å². The molecule has 1 saturated carbocycles. The molecule has 1 aromatic heterocycles. The van der Waals surface area contributed by atoms with Gasteiger partial charge in [0, 0.05) is 30.2 Å². The number of anilines is 1. The van der Waals surface area contributed by atoms with Crippen molar-refractivity contribution in [1.82, 2.24) is 9.78 Å². The molecule has 5 nitrogen and oxygen atoms in total. The predicted molar refractivity (Wildman–Crippen MR) is 94.5 cm³/mol. The average molecular weight is 327 g/mol. The van der Waals surface area contributed by atoms with Crippen LogP contribution in [0.15, 0.2) is 18.2 Å². The minimum atomic E-state index is -0.372. The van der Waals surface area contributed by atoms with Crippen molar-refractivity contribution in [3.8, 4) is 0 Å². The second-order valence-corrected chi connectivity index (χ2v) is 7.44. The SMILES string of the molecule is COC(=O)c1nn(C(C)C)c2cc(N3CC4CCCC4C3)ccc12. The summed E-state index contributed by atoms with van der Waals surface area (Å²) in [6.45, 7) is 6.49. The number of carbonyl (C=O) groups excluding carboxylic acids is 1. The van der Waals surface area contributed by atoms with E-state index in [0.717, 1.165) is 35.8 Å². The molecule has 1 aliphatic carbocycles. The third kappa shape index (κ3) is 2.38. The van der Waals surface area contributed by atoms with E-state index >= 15 is 0 Å². The normalized spacial score (nSPS) is 23.2. The van der Waals surface area contributed by atoms with Gasteiger partial charge in [-0.3, -0.25) is 4.68 Å². The van der Waals surface area contributed by atoms with Crippen LogP contribution < -0.4 is 4.90 Å². The zero-order valence-corrected chi connectivity index (χ0v) is 14.7. The zero-order valence-electron chi connectivity index (χ0n) is 14.7. The summed E-state index contributed by atoms with van der Waals surface area (Å²) >= 11 is 0. The summed E-state index contributed by atoms with van der Waals surface area (Å²) in [6, 6.07) is 6.54. The first-order valence-corrected chi connectivity index (χ1v) is 8.94. The smallest absolute Gasteiger partial charge is 0.359 e. The maximum Gasteiger partial charge on any atom is 0.359 e. The summed E-state index contributed by atoms with van der Waals surface area (Å²) in [5.41, 5.74) is 2.67. The summed E-state index contributed by atoms with van der Waals surface area (Å²) in [4.78, 5) is 14.5. The summed E-state index contributed by atoms with van der Waals surface area (Å²) in [6.07, 6.45) is 4.14. The number of methoxy groups -OCH3 is 1. The zero-order chi connectivity index (χ0) is 16.8. The molecule has 0 amide bonds. The van der Waals surface area contributed by atoms with Gasteiger partial charge in [-0.05, 0) is 56.7 Å². The lowest BCUT2D eigenvalue weighted by molar-refractivity contribution is 0.0595. The molecule has 128 valence electrons. The van der Waals surface area contributed by atoms with Crippen LogP contribution in [0.3, 0.4) is 0 Å². The number of hydrogen-bond donors (Lipinski definition) is 0. The van der Waals surface area contributed by atoms with E-state index in [4.69, 9.17) is 4.74 Å². The molecule has 0 N–H and O–H groups in total. The van der Waals surface area contributed by atoms with Crippen LogP contribution in [0.25, 0.3) is 10.9 Å². The highest BCUT2D eigenvalue weighted by atomic mass is 16.5. The van der Waals surface area contributed by atoms with Crippen LogP contribution in [0, 0.1) is 11.8 Å². The maximum absolute atomic E-state index is 12.0. The van der Waals surface area contributed by atoms with Gasteiger partial charge in [0.1, 0.15) is 0 Å². The van der Waals surface area contributed by atoms with E-state index in [1.54, 1.807) is 0 Å². The molecule has 1 saturated heterocycles. The topological polar surface area (TPSA) is 47.4 Å². The Morgan fingerprint density at radius 3 is 2.58 bits per heavy atom. The third-order valence-corrected chi connectivity index (χ3v) is 5.65. The molecule has 0 spiro atoms. The monoisotopic (exact) mass is 327 g/mol. The fourth-order valence-electron chi connectivity index (χ4n) is 4.41. The van der Waals surface area contributed by atoms with E-state index in [0.29, 0.717) is 5.69 Å². The lowest BCUT2D eigenvalue weighted by Gasteiger charge is -2.20. The number of ether oxygens (including phenoxy) is 1. The van der Waals surface area contributed by atoms with Crippen LogP contribution in [0.2, 0.25) is 0 Å². The first-order chi connectivity index (χ1) is 11.6. The minimum absolute atomic E-state index is 0.194. The molecule has 1 aromatic carbocycles. The van der Waals surface area contributed by atoms with Crippen LogP contribution in [0.4, 0.5) is 5.69 Å². The first kappa shape index (κ1) is 15.5. The molecule has 0 bridgehead atoms. The molecule has 5 heteroatoms. The molecule has 2 heterocycles. The van der Waals surface area contributed by atoms with Gasteiger partial charge in [-0.1, -0.05) is 6.42 Å². The molecule has 24 heavy (non-hydrogen) atoms. The Balaban J connectivity index is 1.74. The second-order valence-electron chi connectivity index (χ2n) is 7.44. The number of aromatic nitrogens is 2. The van der Waals surface area contributed by atoms with Gasteiger partial charge in [0.25, 0.3) is 0 Å². The Kier molecular flexibility index (Phi) is 3.74. The van der Waals surface area contributed by atoms with Crippen molar-refractivity contribution < 1.29 is 9.53 Å². The van der Waals surface area contributed by atoms with Crippen LogP contribution in [0.5, 0.6) is 0 Å². The molecule has 0 radical (unpaired) electrons. The highest BCUT2D eigenvalue weighted by Crippen LogP contribution is 2.40. The standard InChI is InChI=1S/C19H25N3O2/c1-12(2)22-17-9-15(21-10-13-5-4-6-14(13)11-21)7-8-16(17)18(20-22)19(23)24-3/h7-9,12-14H,4-6,10-11H2,1-3H3. The highest BCUT2D eigenvalue weighted by Gasteiger charge is 2.36. The van der Waals surface area contributed by atoms with Gasteiger partial charge in [0.2, 0.25) is 0 Å². The lowest BCUT2D eigenvalue weighted by atomic mass is 10.0. The van der Waals surface area contributed by atoms with Gasteiger partial charge in [0.15, 0.2) is 5.69 Å². The van der Waals surface area contributed by atoms with E-state index in [9.17, 15) is 4.79 Å². The van der Waals surface area contributed by atoms with Crippen molar-refractivity contribution in [3.63, 3.8) is 0 Å². The Hall–Kier alpha value is -2.04. The number of rotatable bonds is 3. The number of hydrogen-bond acceptors (Lipinski definition) is 4. The summed E-state index contributed by atoms with van der Waals surface area (Å²) in [7, 11) is 1.40. The van der Waals surface area contributed by atoms with Crippen molar-refractivity contribution in [2.24, 2.45) is 11.8 Å². The van der Waals surface area contributed by atoms with E-state index in [1.807, 2.05) is 10.7 Å². The Labute approximate surface area is 142 Å². The number of carbonyl (C=O) groups is 1. The summed E-state index contributed by atoms with van der Waals surface area (Å²) in [5.74, 6) is 1.35. The largest absolute Gasteiger partial charge is 0.464 e. The Bertz CT molecular complexity index is 768. The second kappa shape index (κ2) is 5.80. The number of nitrogens with zero attached hydrogens (tertiary/aromatic N) is 3. The maximum atomic E-state index is 12.0. The van der Waals surface area contributed by atoms with Crippen molar-refractivity contribution in [3.05, 3.63) is 23.9 Å². The highest BCUT2D eigenvalue weighted by molar-refractivity contribution is 6.02. The van der Waals surface area contributed by atoms with Crippen molar-refractivity contribution in [2.75, 3.05) is 25.1 Å². The van der Waals surface area contributed by atoms with Crippen LogP contribution >= 0.6 is 0 Å². The van der Waals surface area contributed by atoms with Gasteiger partial charge in [-0.2, -0.15) is 5.10 Å². The van der Waals surface area contributed by atoms with Gasteiger partial charge in [-0.15, -0.1) is 0 Å². The fourth-order valence-corrected chi connectivity index (χ4v) is 4.41. The van der Waals surface area contributed by atoms with Gasteiger partial charge in [0.05, 0.1) is 12.6 Å². The molecule has 1 aliphatic heterocycles. The molecule has 2 atom stereocenters. The Morgan fingerprint density at radius 1 is 1.25 bits per heavy atom. The molecule has 2 fully saturated rings. The first-order valence-electron chi connectivity index (χ1n) is 8.94. The number of benzene rings is 1. The van der Waals surface area contributed by atoms with E-state index in [2.05, 4.69) is 36.0 Å². The van der Waals surface area contributed by atoms with Gasteiger partial charge < -0.3 is 9.64 Å². The van der Waals surface area contributed by atoms with Crippen LogP contribution in [-0.2, 0) is 4.74 Å². The summed E-state index contributed by atoms with van der Waals surface area (Å²) in [5, 5.41) is 5.38. The molecular formula is C19H25N3O2. The van der Waals surface area contributed by atoms with Crippen molar-refractivity contribution in [2.45, 2.75) is 39.2 Å². The van der Waals surface area contributed by atoms with Crippen molar-refractivity contribution in [1.29, 1.82) is 0 Å². The Morgan fingerprint density at radius 2 is 1.96 bits per heavy atom. The van der Waals surface area contributed by atoms with Crippen molar-refractivity contribution >= 4 is 22.6 Å². The van der Waals surface area contributed by atoms with E-state index in [-0.39, 0.29) is 12.0 Å². The average Bonchev–Trinajstić information content (AvgIpc) is 3.25. The number of fused-ring (bicyclic) bond motifs is 2. The molecular weight excluding hydrogens is 302 g/mol. The van der Waals surface area contributed by atoms with E-state index in [1.165, 1.54) is 32.1 Å². The minimum Gasteiger partial charge on any atom is -0.464 e. The molecule has 2 aromatic rings. The third-order valence-electron chi connectivity index (χ3n) is 5.65. The molecule has 2 unspecified atom stereocenters. The van der Waals surface area contributed by atoms with Crippen LogP contribution in [-0.4, -0.2) is 35.9 Å². The van der Waals surface area contributed by atoms with E-state index < -0.39 is 0 Å². The van der Waals surface area contributed by atoms with Gasteiger partial charge >= 0.3 is 5.97 Å². The predicted octanol–water partition coefficient (Wildman–Crippen LogP) is 3.64. The summed E-state index contributed by atoms with van der Waals surface area (Å²) < 4.78 is 6.83. The van der Waals surface area contributed by atoms with Crippen LogP contribution in [0.1, 0.15) is 49.6 Å². The fraction of sp³-hybridized carbons (Fsp3) is 0.579. The quantitative estimate of drug-likeness (QED) is 0.808. The number of esters is 1. The molecule has 4 rings (SSSR count).